The van der Waals surface area contributed by atoms with Gasteiger partial charge in [0.05, 0.1) is 0 Å². The van der Waals surface area contributed by atoms with Crippen LogP contribution in [0.25, 0.3) is 0 Å². The van der Waals surface area contributed by atoms with Gasteiger partial charge in [0, 0.05) is 18.0 Å². The fourth-order valence-corrected chi connectivity index (χ4v) is 4.87. The molecular weight excluding hydrogens is 280 g/mol. The first kappa shape index (κ1) is 14.7. The Hall–Kier alpha value is -0.690. The fourth-order valence-electron chi connectivity index (χ4n) is 1.98. The lowest BCUT2D eigenvalue weighted by Gasteiger charge is -2.23. The summed E-state index contributed by atoms with van der Waals surface area (Å²) < 4.78 is 27.0. The molecule has 0 aliphatic carbocycles. The Morgan fingerprint density at radius 3 is 2.84 bits per heavy atom. The van der Waals surface area contributed by atoms with Gasteiger partial charge in [0.2, 0.25) is 0 Å². The van der Waals surface area contributed by atoms with E-state index < -0.39 is 10.0 Å². The van der Waals surface area contributed by atoms with Crippen LogP contribution < -0.4 is 5.32 Å². The molecule has 19 heavy (non-hydrogen) atoms. The second kappa shape index (κ2) is 6.17. The van der Waals surface area contributed by atoms with Gasteiger partial charge in [0.25, 0.3) is 10.0 Å². The van der Waals surface area contributed by atoms with Crippen molar-refractivity contribution < 1.29 is 8.42 Å². The van der Waals surface area contributed by atoms with E-state index in [-0.39, 0.29) is 0 Å². The highest BCUT2D eigenvalue weighted by atomic mass is 32.2. The largest absolute Gasteiger partial charge is 0.319 e. The molecule has 0 fully saturated rings. The monoisotopic (exact) mass is 300 g/mol. The van der Waals surface area contributed by atoms with E-state index >= 15 is 0 Å². The number of likely N-dealkylation sites (N-methyl/N-ethyl adjacent to an activating group) is 1. The van der Waals surface area contributed by atoms with Crippen LogP contribution in [0.1, 0.15) is 18.2 Å². The Kier molecular flexibility index (Phi) is 4.78. The molecule has 1 aromatic heterocycles. The molecule has 6 heteroatoms. The van der Waals surface area contributed by atoms with Crippen LogP contribution in [0.4, 0.5) is 0 Å². The predicted molar refractivity (Wildman–Crippen MR) is 79.1 cm³/mol. The third-order valence-corrected chi connectivity index (χ3v) is 6.73. The summed E-state index contributed by atoms with van der Waals surface area (Å²) >= 11 is 1.38. The number of thiophene rings is 1. The van der Waals surface area contributed by atoms with Crippen molar-refractivity contribution in [1.82, 2.24) is 9.62 Å². The van der Waals surface area contributed by atoms with Crippen molar-refractivity contribution in [1.29, 1.82) is 0 Å². The van der Waals surface area contributed by atoms with Crippen molar-refractivity contribution in [3.8, 4) is 0 Å². The molecule has 1 aliphatic rings. The topological polar surface area (TPSA) is 49.4 Å². The summed E-state index contributed by atoms with van der Waals surface area (Å²) in [4.78, 5) is 1.11. The molecule has 0 aromatic carbocycles. The van der Waals surface area contributed by atoms with E-state index in [9.17, 15) is 8.42 Å². The summed E-state index contributed by atoms with van der Waals surface area (Å²) in [6.45, 7) is 4.00. The predicted octanol–water partition coefficient (Wildman–Crippen LogP) is 1.85. The molecule has 0 atom stereocenters. The lowest BCUT2D eigenvalue weighted by atomic mass is 10.1. The molecule has 0 unspecified atom stereocenters. The van der Waals surface area contributed by atoms with Gasteiger partial charge in [-0.25, -0.2) is 8.42 Å². The minimum Gasteiger partial charge on any atom is -0.319 e. The maximum absolute atomic E-state index is 12.5. The van der Waals surface area contributed by atoms with Gasteiger partial charge in [-0.3, -0.25) is 0 Å². The zero-order valence-corrected chi connectivity index (χ0v) is 13.0. The average Bonchev–Trinajstić information content (AvgIpc) is 2.86. The Balaban J connectivity index is 2.13. The Labute approximate surface area is 119 Å². The molecule has 0 saturated carbocycles. The number of nitrogens with one attached hydrogen (secondary N) is 1. The van der Waals surface area contributed by atoms with Crippen LogP contribution in [0.3, 0.4) is 0 Å². The Bertz CT molecular complexity index is 561. The molecular formula is C13H20N2O2S2. The van der Waals surface area contributed by atoms with Crippen molar-refractivity contribution in [3.63, 3.8) is 0 Å². The highest BCUT2D eigenvalue weighted by Gasteiger charge is 2.26. The van der Waals surface area contributed by atoms with Crippen LogP contribution in [-0.4, -0.2) is 39.4 Å². The zero-order chi connectivity index (χ0) is 13.9. The standard InChI is InChI=1S/C13H20N2O2S2/c1-11-6-9-15(10-7-11)19(16,17)13-4-3-12(18-13)5-8-14-2/h3-4,6,14H,5,7-10H2,1-2H3. The van der Waals surface area contributed by atoms with E-state index in [1.54, 1.807) is 10.4 Å². The van der Waals surface area contributed by atoms with Gasteiger partial charge in [-0.1, -0.05) is 11.6 Å². The first-order valence-electron chi connectivity index (χ1n) is 6.43. The summed E-state index contributed by atoms with van der Waals surface area (Å²) in [7, 11) is -1.41. The smallest absolute Gasteiger partial charge is 0.252 e. The number of rotatable bonds is 5. The lowest BCUT2D eigenvalue weighted by Crippen LogP contribution is -2.34. The maximum Gasteiger partial charge on any atom is 0.252 e. The summed E-state index contributed by atoms with van der Waals surface area (Å²) in [5, 5.41) is 3.07. The van der Waals surface area contributed by atoms with Crippen molar-refractivity contribution in [2.75, 3.05) is 26.7 Å². The lowest BCUT2D eigenvalue weighted by molar-refractivity contribution is 0.433. The van der Waals surface area contributed by atoms with Crippen molar-refractivity contribution in [2.45, 2.75) is 24.0 Å². The van der Waals surface area contributed by atoms with Gasteiger partial charge < -0.3 is 5.32 Å². The number of nitrogens with zero attached hydrogens (tertiary/aromatic N) is 1. The first-order valence-corrected chi connectivity index (χ1v) is 8.69. The molecule has 0 saturated heterocycles. The average molecular weight is 300 g/mol. The van der Waals surface area contributed by atoms with Gasteiger partial charge in [-0.05, 0) is 45.5 Å². The molecule has 0 spiro atoms. The van der Waals surface area contributed by atoms with Crippen LogP contribution in [0.5, 0.6) is 0 Å². The van der Waals surface area contributed by atoms with Gasteiger partial charge >= 0.3 is 0 Å². The second-order valence-corrected chi connectivity index (χ2v) is 8.07. The third kappa shape index (κ3) is 3.45. The molecule has 0 radical (unpaired) electrons. The van der Waals surface area contributed by atoms with Crippen LogP contribution in [0.15, 0.2) is 28.0 Å². The molecule has 4 nitrogen and oxygen atoms in total. The van der Waals surface area contributed by atoms with E-state index in [0.717, 1.165) is 24.3 Å². The minimum atomic E-state index is -3.30. The molecule has 1 N–H and O–H groups in total. The summed E-state index contributed by atoms with van der Waals surface area (Å²) in [6, 6.07) is 3.65. The Morgan fingerprint density at radius 2 is 2.21 bits per heavy atom. The number of sulfonamides is 1. The zero-order valence-electron chi connectivity index (χ0n) is 11.3. The van der Waals surface area contributed by atoms with Crippen LogP contribution in [-0.2, 0) is 16.4 Å². The third-order valence-electron chi connectivity index (χ3n) is 3.25. The molecule has 2 heterocycles. The highest BCUT2D eigenvalue weighted by Crippen LogP contribution is 2.26. The van der Waals surface area contributed by atoms with E-state index in [0.29, 0.717) is 17.3 Å². The van der Waals surface area contributed by atoms with Gasteiger partial charge in [-0.15, -0.1) is 11.3 Å². The summed E-state index contributed by atoms with van der Waals surface area (Å²) in [5.41, 5.74) is 1.27. The van der Waals surface area contributed by atoms with Crippen molar-refractivity contribution in [2.24, 2.45) is 0 Å². The molecule has 0 bridgehead atoms. The molecule has 1 aliphatic heterocycles. The Morgan fingerprint density at radius 1 is 1.42 bits per heavy atom. The SMILES string of the molecule is CNCCc1ccc(S(=O)(=O)N2CC=C(C)CC2)s1. The van der Waals surface area contributed by atoms with Crippen LogP contribution >= 0.6 is 11.3 Å². The van der Waals surface area contributed by atoms with E-state index in [2.05, 4.69) is 5.32 Å². The quantitative estimate of drug-likeness (QED) is 0.844. The minimum absolute atomic E-state index is 0.464. The van der Waals surface area contributed by atoms with Gasteiger partial charge in [0.1, 0.15) is 4.21 Å². The van der Waals surface area contributed by atoms with E-state index in [1.807, 2.05) is 26.1 Å². The van der Waals surface area contributed by atoms with Gasteiger partial charge in [-0.2, -0.15) is 4.31 Å². The normalized spacial score (nSPS) is 17.5. The van der Waals surface area contributed by atoms with E-state index in [1.165, 1.54) is 16.9 Å². The maximum atomic E-state index is 12.5. The number of hydrogen-bond donors (Lipinski definition) is 1. The highest BCUT2D eigenvalue weighted by molar-refractivity contribution is 7.91. The molecule has 2 rings (SSSR count). The van der Waals surface area contributed by atoms with Crippen molar-refractivity contribution >= 4 is 21.4 Å². The molecule has 0 amide bonds. The molecule has 106 valence electrons. The number of hydrogen-bond acceptors (Lipinski definition) is 4. The van der Waals surface area contributed by atoms with E-state index in [4.69, 9.17) is 0 Å². The second-order valence-electron chi connectivity index (χ2n) is 4.74. The molecule has 1 aromatic rings. The van der Waals surface area contributed by atoms with Crippen LogP contribution in [0.2, 0.25) is 0 Å². The van der Waals surface area contributed by atoms with Crippen LogP contribution in [0, 0.1) is 0 Å². The first-order chi connectivity index (χ1) is 9.04. The summed E-state index contributed by atoms with van der Waals surface area (Å²) in [5.74, 6) is 0. The van der Waals surface area contributed by atoms with Crippen molar-refractivity contribution in [3.05, 3.63) is 28.7 Å². The summed E-state index contributed by atoms with van der Waals surface area (Å²) in [6.07, 6.45) is 3.70. The fraction of sp³-hybridized carbons (Fsp3) is 0.538. The van der Waals surface area contributed by atoms with Gasteiger partial charge in [0.15, 0.2) is 0 Å².